The molecular formula is C12H18N4. The summed E-state index contributed by atoms with van der Waals surface area (Å²) in [5, 5.41) is 3.36. The van der Waals surface area contributed by atoms with Crippen molar-refractivity contribution in [2.45, 2.75) is 19.4 Å². The number of aliphatic imine (C=N–C) groups is 1. The third-order valence-corrected chi connectivity index (χ3v) is 2.70. The molecule has 1 aromatic heterocycles. The fourth-order valence-corrected chi connectivity index (χ4v) is 1.75. The van der Waals surface area contributed by atoms with Crippen molar-refractivity contribution in [3.8, 4) is 0 Å². The smallest absolute Gasteiger partial charge is 0.193 e. The molecule has 0 fully saturated rings. The molecule has 4 nitrogen and oxygen atoms in total. The maximum atomic E-state index is 4.53. The van der Waals surface area contributed by atoms with Crippen molar-refractivity contribution in [1.82, 2.24) is 15.2 Å². The van der Waals surface area contributed by atoms with Gasteiger partial charge in [0.2, 0.25) is 0 Å². The van der Waals surface area contributed by atoms with Gasteiger partial charge in [-0.05, 0) is 24.5 Å². The zero-order valence-electron chi connectivity index (χ0n) is 9.69. The van der Waals surface area contributed by atoms with E-state index >= 15 is 0 Å². The van der Waals surface area contributed by atoms with Crippen LogP contribution in [0, 0.1) is 0 Å². The first kappa shape index (κ1) is 10.9. The Bertz CT molecular complexity index is 347. The molecule has 0 spiro atoms. The molecule has 0 radical (unpaired) electrons. The van der Waals surface area contributed by atoms with Crippen molar-refractivity contribution in [2.75, 3.05) is 20.1 Å². The van der Waals surface area contributed by atoms with Gasteiger partial charge in [0, 0.05) is 39.1 Å². The van der Waals surface area contributed by atoms with E-state index in [0.29, 0.717) is 0 Å². The number of aromatic nitrogens is 1. The molecule has 2 heterocycles. The molecule has 86 valence electrons. The van der Waals surface area contributed by atoms with E-state index in [1.54, 1.807) is 6.20 Å². The summed E-state index contributed by atoms with van der Waals surface area (Å²) in [7, 11) is 2.08. The van der Waals surface area contributed by atoms with E-state index in [1.165, 1.54) is 18.4 Å². The second-order valence-corrected chi connectivity index (χ2v) is 4.05. The highest BCUT2D eigenvalue weighted by Gasteiger charge is 2.08. The van der Waals surface area contributed by atoms with Crippen molar-refractivity contribution in [2.24, 2.45) is 4.99 Å². The molecule has 4 heteroatoms. The van der Waals surface area contributed by atoms with Gasteiger partial charge >= 0.3 is 0 Å². The molecular weight excluding hydrogens is 200 g/mol. The Kier molecular flexibility index (Phi) is 3.75. The average Bonchev–Trinajstić information content (AvgIpc) is 2.53. The van der Waals surface area contributed by atoms with Gasteiger partial charge < -0.3 is 10.2 Å². The van der Waals surface area contributed by atoms with Crippen molar-refractivity contribution in [3.63, 3.8) is 0 Å². The molecule has 1 aliphatic rings. The number of rotatable bonds is 2. The van der Waals surface area contributed by atoms with Crippen LogP contribution in [0.5, 0.6) is 0 Å². The van der Waals surface area contributed by atoms with Gasteiger partial charge in [-0.3, -0.25) is 9.98 Å². The van der Waals surface area contributed by atoms with Crippen molar-refractivity contribution in [3.05, 3.63) is 30.1 Å². The Morgan fingerprint density at radius 3 is 3.19 bits per heavy atom. The normalized spacial score (nSPS) is 16.6. The van der Waals surface area contributed by atoms with Gasteiger partial charge in [-0.25, -0.2) is 0 Å². The van der Waals surface area contributed by atoms with E-state index in [1.807, 2.05) is 12.3 Å². The topological polar surface area (TPSA) is 40.5 Å². The number of pyridine rings is 1. The SMILES string of the molecule is CN1CCCCN=C1NCc1cccnc1. The lowest BCUT2D eigenvalue weighted by molar-refractivity contribution is 0.478. The van der Waals surface area contributed by atoms with Gasteiger partial charge in [-0.1, -0.05) is 6.07 Å². The molecule has 0 unspecified atom stereocenters. The lowest BCUT2D eigenvalue weighted by Gasteiger charge is -2.20. The standard InChI is InChI=1S/C12H18N4/c1-16-8-3-2-7-14-12(16)15-10-11-5-4-6-13-9-11/h4-6,9H,2-3,7-8,10H2,1H3,(H,14,15). The Labute approximate surface area is 96.4 Å². The van der Waals surface area contributed by atoms with Gasteiger partial charge in [-0.2, -0.15) is 0 Å². The number of guanidine groups is 1. The fraction of sp³-hybridized carbons (Fsp3) is 0.500. The minimum Gasteiger partial charge on any atom is -0.352 e. The van der Waals surface area contributed by atoms with Gasteiger partial charge in [-0.15, -0.1) is 0 Å². The van der Waals surface area contributed by atoms with Crippen LogP contribution in [-0.2, 0) is 6.54 Å². The first-order chi connectivity index (χ1) is 7.86. The molecule has 0 amide bonds. The summed E-state index contributed by atoms with van der Waals surface area (Å²) in [5.41, 5.74) is 1.18. The molecule has 0 saturated heterocycles. The Balaban J connectivity index is 1.91. The summed E-state index contributed by atoms with van der Waals surface area (Å²) in [5.74, 6) is 1.00. The third-order valence-electron chi connectivity index (χ3n) is 2.70. The number of nitrogens with one attached hydrogen (secondary N) is 1. The molecule has 2 rings (SSSR count). The van der Waals surface area contributed by atoms with E-state index in [4.69, 9.17) is 0 Å². The minimum atomic E-state index is 0.789. The van der Waals surface area contributed by atoms with Gasteiger partial charge in [0.25, 0.3) is 0 Å². The van der Waals surface area contributed by atoms with Gasteiger partial charge in [0.15, 0.2) is 5.96 Å². The summed E-state index contributed by atoms with van der Waals surface area (Å²) < 4.78 is 0. The van der Waals surface area contributed by atoms with Crippen LogP contribution in [-0.4, -0.2) is 36.0 Å². The van der Waals surface area contributed by atoms with Crippen LogP contribution in [0.1, 0.15) is 18.4 Å². The molecule has 16 heavy (non-hydrogen) atoms. The lowest BCUT2D eigenvalue weighted by Crippen LogP contribution is -2.38. The second-order valence-electron chi connectivity index (χ2n) is 4.05. The van der Waals surface area contributed by atoms with Crippen LogP contribution in [0.3, 0.4) is 0 Å². The minimum absolute atomic E-state index is 0.789. The zero-order chi connectivity index (χ0) is 11.2. The summed E-state index contributed by atoms with van der Waals surface area (Å²) in [6.07, 6.45) is 6.07. The maximum Gasteiger partial charge on any atom is 0.193 e. The van der Waals surface area contributed by atoms with Crippen LogP contribution in [0.25, 0.3) is 0 Å². The molecule has 0 saturated carbocycles. The van der Waals surface area contributed by atoms with E-state index < -0.39 is 0 Å². The first-order valence-corrected chi connectivity index (χ1v) is 5.74. The summed E-state index contributed by atoms with van der Waals surface area (Å²) in [4.78, 5) is 10.8. The molecule has 0 aliphatic carbocycles. The predicted octanol–water partition coefficient (Wildman–Crippen LogP) is 1.25. The zero-order valence-corrected chi connectivity index (χ0v) is 9.69. The highest BCUT2D eigenvalue weighted by Crippen LogP contribution is 2.01. The highest BCUT2D eigenvalue weighted by molar-refractivity contribution is 5.79. The van der Waals surface area contributed by atoms with E-state index in [9.17, 15) is 0 Å². The molecule has 1 N–H and O–H groups in total. The summed E-state index contributed by atoms with van der Waals surface area (Å²) in [6.45, 7) is 2.80. The van der Waals surface area contributed by atoms with Crippen molar-refractivity contribution in [1.29, 1.82) is 0 Å². The molecule has 1 aromatic rings. The van der Waals surface area contributed by atoms with Crippen LogP contribution in [0.15, 0.2) is 29.5 Å². The number of hydrogen-bond acceptors (Lipinski definition) is 4. The van der Waals surface area contributed by atoms with Crippen LogP contribution in [0.4, 0.5) is 0 Å². The van der Waals surface area contributed by atoms with E-state index in [-0.39, 0.29) is 0 Å². The third kappa shape index (κ3) is 2.95. The molecule has 0 bridgehead atoms. The number of hydrogen-bond donors (Lipinski definition) is 1. The van der Waals surface area contributed by atoms with Crippen LogP contribution < -0.4 is 5.32 Å². The molecule has 1 aliphatic heterocycles. The quantitative estimate of drug-likeness (QED) is 0.812. The van der Waals surface area contributed by atoms with E-state index in [2.05, 4.69) is 33.3 Å². The lowest BCUT2D eigenvalue weighted by atomic mass is 10.3. The average molecular weight is 218 g/mol. The van der Waals surface area contributed by atoms with Crippen LogP contribution in [0.2, 0.25) is 0 Å². The second kappa shape index (κ2) is 5.49. The van der Waals surface area contributed by atoms with Crippen LogP contribution >= 0.6 is 0 Å². The predicted molar refractivity (Wildman–Crippen MR) is 65.2 cm³/mol. The Hall–Kier alpha value is -1.58. The Morgan fingerprint density at radius 1 is 1.44 bits per heavy atom. The molecule has 0 aromatic carbocycles. The van der Waals surface area contributed by atoms with Crippen molar-refractivity contribution >= 4 is 5.96 Å². The Morgan fingerprint density at radius 2 is 2.38 bits per heavy atom. The highest BCUT2D eigenvalue weighted by atomic mass is 15.3. The number of nitrogens with zero attached hydrogens (tertiary/aromatic N) is 3. The van der Waals surface area contributed by atoms with Crippen molar-refractivity contribution < 1.29 is 0 Å². The fourth-order valence-electron chi connectivity index (χ4n) is 1.75. The van der Waals surface area contributed by atoms with Gasteiger partial charge in [0.05, 0.1) is 0 Å². The largest absolute Gasteiger partial charge is 0.352 e. The van der Waals surface area contributed by atoms with Gasteiger partial charge in [0.1, 0.15) is 0 Å². The monoisotopic (exact) mass is 218 g/mol. The maximum absolute atomic E-state index is 4.53. The molecule has 0 atom stereocenters. The first-order valence-electron chi connectivity index (χ1n) is 5.74. The summed E-state index contributed by atoms with van der Waals surface area (Å²) >= 11 is 0. The summed E-state index contributed by atoms with van der Waals surface area (Å²) in [6, 6.07) is 4.02. The van der Waals surface area contributed by atoms with E-state index in [0.717, 1.165) is 25.6 Å².